The predicted molar refractivity (Wildman–Crippen MR) is 123 cm³/mol. The molecule has 3 atom stereocenters. The van der Waals surface area contributed by atoms with E-state index in [1.165, 1.54) is 0 Å². The average Bonchev–Trinajstić information content (AvgIpc) is 3.41. The van der Waals surface area contributed by atoms with Crippen LogP contribution in [-0.4, -0.2) is 59.1 Å². The van der Waals surface area contributed by atoms with Gasteiger partial charge in [0.2, 0.25) is 0 Å². The first-order chi connectivity index (χ1) is 15.0. The summed E-state index contributed by atoms with van der Waals surface area (Å²) in [5, 5.41) is 13.8. The van der Waals surface area contributed by atoms with Gasteiger partial charge in [-0.2, -0.15) is 0 Å². The summed E-state index contributed by atoms with van der Waals surface area (Å²) in [7, 11) is 0. The molecule has 0 radical (unpaired) electrons. The number of aromatic nitrogens is 1. The van der Waals surface area contributed by atoms with Gasteiger partial charge in [-0.25, -0.2) is 0 Å². The van der Waals surface area contributed by atoms with E-state index in [2.05, 4.69) is 39.0 Å². The van der Waals surface area contributed by atoms with E-state index in [9.17, 15) is 14.7 Å². The van der Waals surface area contributed by atoms with E-state index >= 15 is 0 Å². The number of halogens is 2. The normalized spacial score (nSPS) is 22.7. The van der Waals surface area contributed by atoms with E-state index in [0.717, 1.165) is 55.2 Å². The van der Waals surface area contributed by atoms with Crippen LogP contribution in [0.15, 0.2) is 24.3 Å². The van der Waals surface area contributed by atoms with Crippen molar-refractivity contribution >= 4 is 43.3 Å². The molecular formula is C22H28I2N3O4-. The van der Waals surface area contributed by atoms with Crippen LogP contribution in [0, 0.1) is 5.92 Å². The van der Waals surface area contributed by atoms with Gasteiger partial charge in [0.05, 0.1) is 0 Å². The first-order valence-electron chi connectivity index (χ1n) is 10.7. The standard InChI is InChI=1S/C22H28I2N3O4/c23-20(6-3-16-10-15-11-18(28)4-5-19(15)25-16)24-22(30)26-17-2-1-8-27(12-17)21(29)14-7-9-31-13-14/h4-5,10-11,14,17,20,25,28H,1-3,6-9,12-13H2,(H,26,30)/q-1/t14?,17-,20+/m1/s1. The summed E-state index contributed by atoms with van der Waals surface area (Å²) in [6.07, 6.45) is 4.51. The molecule has 7 nitrogen and oxygen atoms in total. The Morgan fingerprint density at radius 2 is 2.23 bits per heavy atom. The monoisotopic (exact) mass is 652 g/mol. The number of fused-ring (bicyclic) bond motifs is 1. The van der Waals surface area contributed by atoms with Gasteiger partial charge in [0, 0.05) is 0 Å². The Balaban J connectivity index is 1.21. The van der Waals surface area contributed by atoms with Crippen molar-refractivity contribution in [2.75, 3.05) is 26.3 Å². The third kappa shape index (κ3) is 6.25. The molecule has 0 aliphatic carbocycles. The van der Waals surface area contributed by atoms with Gasteiger partial charge in [-0.1, -0.05) is 0 Å². The van der Waals surface area contributed by atoms with Crippen LogP contribution in [0.4, 0.5) is 4.79 Å². The zero-order valence-corrected chi connectivity index (χ0v) is 21.6. The summed E-state index contributed by atoms with van der Waals surface area (Å²) in [6.45, 7) is 2.62. The predicted octanol–water partition coefficient (Wildman–Crippen LogP) is 0.393. The first-order valence-corrected chi connectivity index (χ1v) is 14.3. The van der Waals surface area contributed by atoms with Crippen molar-refractivity contribution in [3.63, 3.8) is 0 Å². The van der Waals surface area contributed by atoms with Crippen LogP contribution in [0.3, 0.4) is 0 Å². The van der Waals surface area contributed by atoms with E-state index in [-0.39, 0.29) is 27.5 Å². The number of aryl methyl sites for hydroxylation is 1. The van der Waals surface area contributed by atoms with Gasteiger partial charge < -0.3 is 0 Å². The average molecular weight is 652 g/mol. The van der Waals surface area contributed by atoms with Gasteiger partial charge in [-0.3, -0.25) is 0 Å². The van der Waals surface area contributed by atoms with Crippen LogP contribution in [0.5, 0.6) is 5.75 Å². The van der Waals surface area contributed by atoms with Crippen LogP contribution in [0.25, 0.3) is 10.9 Å². The number of likely N-dealkylation sites (tertiary alicyclic amines) is 1. The summed E-state index contributed by atoms with van der Waals surface area (Å²) in [5.74, 6) is 0.450. The van der Waals surface area contributed by atoms with Crippen molar-refractivity contribution in [1.82, 2.24) is 15.2 Å². The van der Waals surface area contributed by atoms with Crippen molar-refractivity contribution in [1.29, 1.82) is 0 Å². The number of nitrogens with one attached hydrogen (secondary N) is 2. The Morgan fingerprint density at radius 3 is 3.03 bits per heavy atom. The van der Waals surface area contributed by atoms with Gasteiger partial charge in [0.15, 0.2) is 0 Å². The molecule has 2 amide bonds. The number of aromatic hydroxyl groups is 1. The Hall–Kier alpha value is -1.08. The quantitative estimate of drug-likeness (QED) is 0.175. The molecule has 4 rings (SSSR count). The van der Waals surface area contributed by atoms with Crippen molar-refractivity contribution in [2.45, 2.75) is 40.1 Å². The van der Waals surface area contributed by atoms with Crippen LogP contribution in [-0.2, 0) is 16.0 Å². The molecule has 2 aromatic rings. The van der Waals surface area contributed by atoms with Crippen molar-refractivity contribution in [3.05, 3.63) is 30.0 Å². The van der Waals surface area contributed by atoms with Crippen LogP contribution < -0.4 is 26.5 Å². The zero-order chi connectivity index (χ0) is 21.8. The van der Waals surface area contributed by atoms with Gasteiger partial charge in [0.25, 0.3) is 0 Å². The molecule has 3 heterocycles. The Labute approximate surface area is 206 Å². The SMILES string of the molecule is O=C(N[C@@H]1CCCN(C(=O)C2CCOC2)C1)[I-][C@H](I)CCc1cc2cc(O)ccc2[nH]1. The summed E-state index contributed by atoms with van der Waals surface area (Å²) in [6, 6.07) is 7.46. The number of carbonyl (C=O) groups excluding carboxylic acids is 2. The second-order valence-electron chi connectivity index (χ2n) is 8.21. The molecule has 0 spiro atoms. The third-order valence-electron chi connectivity index (χ3n) is 5.84. The van der Waals surface area contributed by atoms with E-state index < -0.39 is 21.2 Å². The number of rotatable bonds is 7. The van der Waals surface area contributed by atoms with Gasteiger partial charge >= 0.3 is 207 Å². The topological polar surface area (TPSA) is 94.7 Å². The second kappa shape index (κ2) is 10.7. The summed E-state index contributed by atoms with van der Waals surface area (Å²) in [4.78, 5) is 30.6. The summed E-state index contributed by atoms with van der Waals surface area (Å²) >= 11 is 1.76. The van der Waals surface area contributed by atoms with Crippen LogP contribution in [0.2, 0.25) is 0 Å². The number of benzene rings is 1. The number of phenols is 1. The van der Waals surface area contributed by atoms with E-state index in [0.29, 0.717) is 21.7 Å². The number of hydrogen-bond acceptors (Lipinski definition) is 4. The summed E-state index contributed by atoms with van der Waals surface area (Å²) < 4.78 is 5.86. The Kier molecular flexibility index (Phi) is 7.96. The van der Waals surface area contributed by atoms with Crippen molar-refractivity contribution < 1.29 is 40.6 Å². The second-order valence-corrected chi connectivity index (χ2v) is 15.2. The molecule has 1 aromatic carbocycles. The molecule has 31 heavy (non-hydrogen) atoms. The van der Waals surface area contributed by atoms with Crippen molar-refractivity contribution in [3.8, 4) is 5.75 Å². The van der Waals surface area contributed by atoms with Crippen LogP contribution in [0.1, 0.15) is 31.4 Å². The Bertz CT molecular complexity index is 929. The van der Waals surface area contributed by atoms with Crippen molar-refractivity contribution in [2.24, 2.45) is 5.92 Å². The minimum absolute atomic E-state index is 0.00536. The molecule has 2 aliphatic rings. The fourth-order valence-corrected chi connectivity index (χ4v) is 7.82. The molecule has 170 valence electrons. The number of amides is 2. The number of piperidine rings is 1. The number of nitrogens with zero attached hydrogens (tertiary/aromatic N) is 1. The van der Waals surface area contributed by atoms with Gasteiger partial charge in [0.1, 0.15) is 0 Å². The third-order valence-corrected chi connectivity index (χ3v) is 10.2. The number of phenolic OH excluding ortho intramolecular Hbond substituents is 1. The molecule has 3 N–H and O–H groups in total. The first kappa shape index (κ1) is 23.1. The fourth-order valence-electron chi connectivity index (χ4n) is 4.22. The molecule has 1 aromatic heterocycles. The molecule has 0 saturated carbocycles. The number of carbonyl (C=O) groups is 2. The number of ether oxygens (including phenoxy) is 1. The summed E-state index contributed by atoms with van der Waals surface area (Å²) in [5.41, 5.74) is 2.15. The van der Waals surface area contributed by atoms with Crippen LogP contribution >= 0.6 is 22.6 Å². The molecule has 1 unspecified atom stereocenters. The van der Waals surface area contributed by atoms with E-state index in [1.807, 2.05) is 11.0 Å². The van der Waals surface area contributed by atoms with Gasteiger partial charge in [-0.05, 0) is 0 Å². The number of H-pyrrole nitrogens is 1. The zero-order valence-electron chi connectivity index (χ0n) is 17.3. The minimum atomic E-state index is -0.636. The maximum atomic E-state index is 12.6. The molecule has 2 aliphatic heterocycles. The molecular weight excluding hydrogens is 624 g/mol. The van der Waals surface area contributed by atoms with E-state index in [4.69, 9.17) is 4.74 Å². The van der Waals surface area contributed by atoms with E-state index in [1.54, 1.807) is 12.1 Å². The molecule has 0 bridgehead atoms. The number of hydrogen-bond donors (Lipinski definition) is 3. The number of alkyl halides is 2. The molecule has 9 heteroatoms. The maximum absolute atomic E-state index is 12.6. The fraction of sp³-hybridized carbons (Fsp3) is 0.545. The molecule has 2 fully saturated rings. The number of aromatic amines is 1. The molecule has 2 saturated heterocycles. The Morgan fingerprint density at radius 1 is 1.35 bits per heavy atom. The van der Waals surface area contributed by atoms with Gasteiger partial charge in [-0.15, -0.1) is 0 Å².